The average molecular weight is 309 g/mol. The van der Waals surface area contributed by atoms with Crippen LogP contribution >= 0.6 is 0 Å². The van der Waals surface area contributed by atoms with E-state index in [4.69, 9.17) is 0 Å². The Bertz CT molecular complexity index is 272. The minimum Gasteiger partial charge on any atom is -0.291 e. The minimum absolute atomic E-state index is 0.126. The molecule has 0 heterocycles. The van der Waals surface area contributed by atoms with Crippen molar-refractivity contribution in [3.8, 4) is 0 Å². The molecule has 0 atom stereocenters. The summed E-state index contributed by atoms with van der Waals surface area (Å²) in [7, 11) is 4.70. The van der Waals surface area contributed by atoms with Gasteiger partial charge in [-0.15, -0.1) is 6.58 Å². The van der Waals surface area contributed by atoms with E-state index in [0.29, 0.717) is 0 Å². The highest BCUT2D eigenvalue weighted by Gasteiger charge is 2.30. The van der Waals surface area contributed by atoms with Gasteiger partial charge in [0.25, 0.3) is 0 Å². The molecule has 0 amide bonds. The van der Waals surface area contributed by atoms with Crippen molar-refractivity contribution in [2.45, 2.75) is 88.1 Å². The lowest BCUT2D eigenvalue weighted by molar-refractivity contribution is 0.0465. The lowest BCUT2D eigenvalue weighted by Crippen LogP contribution is -2.56. The first-order valence-electron chi connectivity index (χ1n) is 9.28. The Hall–Kier alpha value is -0.123. The number of allylic oxidation sites excluding steroid dienone is 1. The molecule has 0 aromatic carbocycles. The molecule has 0 radical (unpaired) electrons. The second-order valence-electron chi connectivity index (χ2n) is 7.26. The van der Waals surface area contributed by atoms with Gasteiger partial charge in [-0.3, -0.25) is 9.80 Å². The summed E-state index contributed by atoms with van der Waals surface area (Å²) in [6.07, 6.45) is 16.5. The summed E-state index contributed by atoms with van der Waals surface area (Å²) in [5, 5.41) is 0. The van der Waals surface area contributed by atoms with E-state index in [1.807, 2.05) is 0 Å². The summed E-state index contributed by atoms with van der Waals surface area (Å²) in [5.74, 6) is 0.745. The molecule has 122 valence electrons. The molecule has 0 N–H and O–H groups in total. The van der Waals surface area contributed by atoms with E-state index in [0.717, 1.165) is 17.9 Å². The summed E-state index contributed by atoms with van der Waals surface area (Å²) in [6.45, 7) is 3.97. The van der Waals surface area contributed by atoms with Gasteiger partial charge in [0.15, 0.2) is 0 Å². The van der Waals surface area contributed by atoms with Crippen molar-refractivity contribution < 1.29 is 0 Å². The molecule has 0 aromatic rings. The van der Waals surface area contributed by atoms with Crippen LogP contribution in [0.25, 0.3) is 0 Å². The summed E-state index contributed by atoms with van der Waals surface area (Å²) in [4.78, 5) is 5.53. The van der Waals surface area contributed by atoms with Gasteiger partial charge < -0.3 is 0 Å². The first-order chi connectivity index (χ1) is 10.2. The van der Waals surface area contributed by atoms with Crippen LogP contribution in [0.4, 0.5) is 0 Å². The predicted octanol–water partition coefficient (Wildman–Crippen LogP) is 3.57. The van der Waals surface area contributed by atoms with Crippen LogP contribution in [0.15, 0.2) is 12.7 Å². The Kier molecular flexibility index (Phi) is 7.48. The van der Waals surface area contributed by atoms with Crippen LogP contribution in [0.2, 0.25) is 6.04 Å². The van der Waals surface area contributed by atoms with Gasteiger partial charge in [-0.25, -0.2) is 0 Å². The monoisotopic (exact) mass is 308 g/mol. The molecular formula is C18H36N2Si. The Morgan fingerprint density at radius 1 is 0.905 bits per heavy atom. The van der Waals surface area contributed by atoms with E-state index in [2.05, 4.69) is 36.6 Å². The van der Waals surface area contributed by atoms with Crippen molar-refractivity contribution in [2.75, 3.05) is 14.1 Å². The van der Waals surface area contributed by atoms with Crippen LogP contribution in [-0.2, 0) is 0 Å². The van der Waals surface area contributed by atoms with Gasteiger partial charge in [0.2, 0.25) is 0 Å². The van der Waals surface area contributed by atoms with E-state index in [9.17, 15) is 0 Å². The molecular weight excluding hydrogens is 272 g/mol. The van der Waals surface area contributed by atoms with Crippen molar-refractivity contribution in [1.29, 1.82) is 0 Å². The SMILES string of the molecule is C=CC[SiH2]C(N(C)C1CCCCC1)N(C)C1CCCCC1. The number of hydrogen-bond acceptors (Lipinski definition) is 2. The smallest absolute Gasteiger partial charge is 0.0629 e. The molecule has 2 fully saturated rings. The predicted molar refractivity (Wildman–Crippen MR) is 96.6 cm³/mol. The van der Waals surface area contributed by atoms with Crippen molar-refractivity contribution in [1.82, 2.24) is 9.80 Å². The maximum atomic E-state index is 3.97. The third-order valence-electron chi connectivity index (χ3n) is 5.87. The van der Waals surface area contributed by atoms with Crippen molar-refractivity contribution in [2.24, 2.45) is 0 Å². The molecule has 21 heavy (non-hydrogen) atoms. The molecule has 3 heteroatoms. The number of hydrogen-bond donors (Lipinski definition) is 0. The lowest BCUT2D eigenvalue weighted by Gasteiger charge is -2.45. The Morgan fingerprint density at radius 2 is 1.33 bits per heavy atom. The molecule has 0 spiro atoms. The fourth-order valence-electron chi connectivity index (χ4n) is 4.42. The average Bonchev–Trinajstić information content (AvgIpc) is 2.56. The number of nitrogens with zero attached hydrogens (tertiary/aromatic N) is 2. The second kappa shape index (κ2) is 9.11. The van der Waals surface area contributed by atoms with Gasteiger partial charge >= 0.3 is 0 Å². The standard InChI is InChI=1S/C18H36N2Si/c1-4-15-21-18(19(2)16-11-7-5-8-12-16)20(3)17-13-9-6-10-14-17/h4,16-18H,1,5-15,21H2,2-3H3. The molecule has 0 unspecified atom stereocenters. The third kappa shape index (κ3) is 4.94. The lowest BCUT2D eigenvalue weighted by atomic mass is 9.93. The Balaban J connectivity index is 1.98. The molecule has 0 aliphatic heterocycles. The van der Waals surface area contributed by atoms with Crippen LogP contribution in [0.1, 0.15) is 64.2 Å². The van der Waals surface area contributed by atoms with E-state index in [1.165, 1.54) is 70.3 Å². The van der Waals surface area contributed by atoms with Crippen molar-refractivity contribution in [3.05, 3.63) is 12.7 Å². The molecule has 2 nitrogen and oxygen atoms in total. The first kappa shape index (κ1) is 17.2. The Morgan fingerprint density at radius 3 is 1.71 bits per heavy atom. The molecule has 0 saturated heterocycles. The zero-order valence-corrected chi connectivity index (χ0v) is 15.8. The van der Waals surface area contributed by atoms with Crippen LogP contribution in [0.5, 0.6) is 0 Å². The number of rotatable bonds is 7. The van der Waals surface area contributed by atoms with Crippen LogP contribution in [-0.4, -0.2) is 51.3 Å². The fraction of sp³-hybridized carbons (Fsp3) is 0.889. The molecule has 2 aliphatic carbocycles. The third-order valence-corrected chi connectivity index (χ3v) is 8.28. The van der Waals surface area contributed by atoms with Gasteiger partial charge in [-0.05, 0) is 45.8 Å². The normalized spacial score (nSPS) is 22.9. The molecule has 2 rings (SSSR count). The second-order valence-corrected chi connectivity index (χ2v) is 9.15. The Labute approximate surface area is 134 Å². The van der Waals surface area contributed by atoms with Gasteiger partial charge in [0, 0.05) is 17.9 Å². The van der Waals surface area contributed by atoms with Gasteiger partial charge in [0.05, 0.1) is 9.52 Å². The topological polar surface area (TPSA) is 6.48 Å². The summed E-state index contributed by atoms with van der Waals surface area (Å²) in [5.41, 5.74) is 0. The van der Waals surface area contributed by atoms with E-state index in [1.54, 1.807) is 0 Å². The van der Waals surface area contributed by atoms with Gasteiger partial charge in [0.1, 0.15) is 0 Å². The molecule has 2 saturated carbocycles. The van der Waals surface area contributed by atoms with E-state index >= 15 is 0 Å². The van der Waals surface area contributed by atoms with Crippen molar-refractivity contribution in [3.63, 3.8) is 0 Å². The highest BCUT2D eigenvalue weighted by Crippen LogP contribution is 2.27. The largest absolute Gasteiger partial charge is 0.291 e. The zero-order valence-electron chi connectivity index (χ0n) is 14.4. The molecule has 0 bridgehead atoms. The quantitative estimate of drug-likeness (QED) is 0.403. The van der Waals surface area contributed by atoms with Crippen LogP contribution < -0.4 is 0 Å². The maximum Gasteiger partial charge on any atom is 0.0629 e. The summed E-state index contributed by atoms with van der Waals surface area (Å²) >= 11 is 0. The molecule has 0 aromatic heterocycles. The highest BCUT2D eigenvalue weighted by atomic mass is 28.2. The fourth-order valence-corrected chi connectivity index (χ4v) is 6.37. The van der Waals surface area contributed by atoms with Gasteiger partial charge in [-0.1, -0.05) is 44.6 Å². The molecule has 2 aliphatic rings. The van der Waals surface area contributed by atoms with Crippen molar-refractivity contribution >= 4 is 9.52 Å². The zero-order chi connectivity index (χ0) is 15.1. The van der Waals surface area contributed by atoms with E-state index < -0.39 is 0 Å². The summed E-state index contributed by atoms with van der Waals surface area (Å²) < 4.78 is 0. The van der Waals surface area contributed by atoms with Gasteiger partial charge in [-0.2, -0.15) is 0 Å². The van der Waals surface area contributed by atoms with E-state index in [-0.39, 0.29) is 9.52 Å². The minimum atomic E-state index is -0.126. The maximum absolute atomic E-state index is 3.97. The van der Waals surface area contributed by atoms with Crippen LogP contribution in [0, 0.1) is 0 Å². The first-order valence-corrected chi connectivity index (χ1v) is 11.1. The highest BCUT2D eigenvalue weighted by molar-refractivity contribution is 6.38. The van der Waals surface area contributed by atoms with Crippen LogP contribution in [0.3, 0.4) is 0 Å². The summed E-state index contributed by atoms with van der Waals surface area (Å²) in [6, 6.07) is 2.96.